The van der Waals surface area contributed by atoms with E-state index in [1.807, 2.05) is 24.3 Å². The zero-order chi connectivity index (χ0) is 27.2. The molecule has 1 heterocycles. The Morgan fingerprint density at radius 1 is 0.744 bits per heavy atom. The van der Waals surface area contributed by atoms with Crippen LogP contribution in [0.3, 0.4) is 0 Å². The summed E-state index contributed by atoms with van der Waals surface area (Å²) in [5.41, 5.74) is 3.46. The van der Waals surface area contributed by atoms with Gasteiger partial charge in [0.05, 0.1) is 5.69 Å². The van der Waals surface area contributed by atoms with Crippen LogP contribution in [-0.2, 0) is 6.54 Å². The van der Waals surface area contributed by atoms with Gasteiger partial charge >= 0.3 is 0 Å². The molecule has 0 unspecified atom stereocenters. The molecule has 6 rings (SSSR count). The van der Waals surface area contributed by atoms with E-state index in [9.17, 15) is 0 Å². The molecule has 0 aliphatic heterocycles. The first-order valence-corrected chi connectivity index (χ1v) is 15.8. The van der Waals surface area contributed by atoms with Crippen LogP contribution in [-0.4, -0.2) is 9.72 Å². The molecule has 1 aromatic heterocycles. The highest BCUT2D eigenvalue weighted by Crippen LogP contribution is 2.62. The summed E-state index contributed by atoms with van der Waals surface area (Å²) in [5, 5.41) is 5.67. The maximum Gasteiger partial charge on any atom is 0.173 e. The first-order valence-electron chi connectivity index (χ1n) is 13.4. The second-order valence-electron chi connectivity index (χ2n) is 10.9. The largest absolute Gasteiger partial charge is 0.455 e. The van der Waals surface area contributed by atoms with Gasteiger partial charge in [-0.2, -0.15) is 0 Å². The molecule has 0 radical (unpaired) electrons. The van der Waals surface area contributed by atoms with Gasteiger partial charge in [0.15, 0.2) is 7.28 Å². The first-order chi connectivity index (χ1) is 18.8. The van der Waals surface area contributed by atoms with Gasteiger partial charge < -0.3 is 9.09 Å². The molecule has 196 valence electrons. The van der Waals surface area contributed by atoms with Crippen LogP contribution in [0.25, 0.3) is 32.6 Å². The number of benzene rings is 5. The van der Waals surface area contributed by atoms with Crippen LogP contribution in [0.5, 0.6) is 5.75 Å². The third-order valence-electron chi connectivity index (χ3n) is 7.40. The van der Waals surface area contributed by atoms with Crippen molar-refractivity contribution in [2.45, 2.75) is 39.4 Å². The van der Waals surface area contributed by atoms with Crippen LogP contribution in [0, 0.1) is 0 Å². The summed E-state index contributed by atoms with van der Waals surface area (Å²) >= 11 is 3.58. The second kappa shape index (κ2) is 10.0. The summed E-state index contributed by atoms with van der Waals surface area (Å²) in [5.74, 6) is 0.821. The summed E-state index contributed by atoms with van der Waals surface area (Å²) in [6.07, 6.45) is 0. The minimum atomic E-state index is -2.68. The van der Waals surface area contributed by atoms with Crippen LogP contribution >= 0.6 is 23.2 Å². The molecule has 0 aliphatic carbocycles. The summed E-state index contributed by atoms with van der Waals surface area (Å²) in [6.45, 7) is 9.90. The predicted octanol–water partition coefficient (Wildman–Crippen LogP) is 10.7. The van der Waals surface area contributed by atoms with Gasteiger partial charge in [0.1, 0.15) is 5.75 Å². The number of halogens is 1. The smallest absolute Gasteiger partial charge is 0.173 e. The molecule has 0 aliphatic rings. The number of aromatic nitrogens is 1. The Labute approximate surface area is 238 Å². The maximum atomic E-state index is 7.17. The molecule has 1 atom stereocenters. The van der Waals surface area contributed by atoms with Gasteiger partial charge in [0.2, 0.25) is 0 Å². The van der Waals surface area contributed by atoms with Crippen molar-refractivity contribution in [1.82, 2.24) is 4.57 Å². The Hall–Kier alpha value is -3.33. The van der Waals surface area contributed by atoms with Crippen molar-refractivity contribution in [3.63, 3.8) is 0 Å². The zero-order valence-electron chi connectivity index (χ0n) is 22.7. The molecule has 0 saturated carbocycles. The SMILES string of the molecule is CCn1c2ccccc2c2cc([P@](=Nc3cccc4ccccc34)(Oc3ccc(Br)cc3)C(C)(C)C)ccc21. The van der Waals surface area contributed by atoms with Gasteiger partial charge in [0, 0.05) is 48.7 Å². The fourth-order valence-corrected chi connectivity index (χ4v) is 8.83. The third-order valence-corrected chi connectivity index (χ3v) is 11.7. The highest BCUT2D eigenvalue weighted by Gasteiger charge is 2.39. The summed E-state index contributed by atoms with van der Waals surface area (Å²) in [4.78, 5) is 0. The number of para-hydroxylation sites is 1. The minimum absolute atomic E-state index is 0.284. The number of nitrogens with zero attached hydrogens (tertiary/aromatic N) is 2. The number of aryl methyl sites for hydroxylation is 1. The van der Waals surface area contributed by atoms with Gasteiger partial charge in [-0.25, -0.2) is 4.74 Å². The van der Waals surface area contributed by atoms with Crippen molar-refractivity contribution in [3.05, 3.63) is 114 Å². The fourth-order valence-electron chi connectivity index (χ4n) is 5.47. The van der Waals surface area contributed by atoms with E-state index in [1.165, 1.54) is 27.2 Å². The van der Waals surface area contributed by atoms with E-state index in [4.69, 9.17) is 9.27 Å². The molecule has 5 aromatic carbocycles. The molecule has 3 nitrogen and oxygen atoms in total. The molecular weight excluding hydrogens is 563 g/mol. The average molecular weight is 596 g/mol. The molecule has 0 spiro atoms. The number of hydrogen-bond acceptors (Lipinski definition) is 2. The number of hydrogen-bond donors (Lipinski definition) is 0. The zero-order valence-corrected chi connectivity index (χ0v) is 25.2. The molecule has 0 saturated heterocycles. The highest BCUT2D eigenvalue weighted by molar-refractivity contribution is 9.10. The predicted molar refractivity (Wildman–Crippen MR) is 172 cm³/mol. The molecule has 0 bridgehead atoms. The molecule has 39 heavy (non-hydrogen) atoms. The van der Waals surface area contributed by atoms with Gasteiger partial charge in [0.25, 0.3) is 0 Å². The minimum Gasteiger partial charge on any atom is -0.455 e. The molecular formula is C34H32BrN2OP. The first kappa shape index (κ1) is 25.9. The molecule has 0 amide bonds. The van der Waals surface area contributed by atoms with Crippen LogP contribution in [0.4, 0.5) is 5.69 Å². The van der Waals surface area contributed by atoms with Crippen molar-refractivity contribution < 1.29 is 4.52 Å². The van der Waals surface area contributed by atoms with Crippen LogP contribution in [0.2, 0.25) is 0 Å². The van der Waals surface area contributed by atoms with Crippen molar-refractivity contribution in [2.24, 2.45) is 4.74 Å². The van der Waals surface area contributed by atoms with E-state index in [-0.39, 0.29) is 5.16 Å². The third kappa shape index (κ3) is 4.50. The highest BCUT2D eigenvalue weighted by atomic mass is 79.9. The summed E-state index contributed by atoms with van der Waals surface area (Å²) < 4.78 is 16.2. The summed E-state index contributed by atoms with van der Waals surface area (Å²) in [7, 11) is -2.68. The standard InChI is InChI=1S/C34H32BrN2OP/c1-5-37-32-16-9-8-14-29(32)30-23-27(21-22-33(30)37)39(34(2,3)4,38-26-19-17-25(35)18-20-26)36-31-15-10-12-24-11-6-7-13-28(24)31/h6-23H,5H2,1-4H3/t39-/m0/s1. The second-order valence-corrected chi connectivity index (χ2v) is 15.2. The quantitative estimate of drug-likeness (QED) is 0.182. The van der Waals surface area contributed by atoms with E-state index in [0.717, 1.165) is 33.1 Å². The van der Waals surface area contributed by atoms with Gasteiger partial charge in [-0.15, -0.1) is 0 Å². The Kier molecular flexibility index (Phi) is 6.65. The Morgan fingerprint density at radius 3 is 2.15 bits per heavy atom. The lowest BCUT2D eigenvalue weighted by atomic mass is 10.1. The van der Waals surface area contributed by atoms with Crippen LogP contribution in [0.1, 0.15) is 27.7 Å². The van der Waals surface area contributed by atoms with Gasteiger partial charge in [-0.05, 0) is 66.9 Å². The van der Waals surface area contributed by atoms with E-state index in [0.29, 0.717) is 0 Å². The van der Waals surface area contributed by atoms with Crippen molar-refractivity contribution in [1.29, 1.82) is 0 Å². The van der Waals surface area contributed by atoms with Gasteiger partial charge in [-0.1, -0.05) is 91.3 Å². The normalized spacial score (nSPS) is 13.6. The average Bonchev–Trinajstić information content (AvgIpc) is 3.26. The Bertz CT molecular complexity index is 1870. The van der Waals surface area contributed by atoms with E-state index < -0.39 is 7.28 Å². The monoisotopic (exact) mass is 594 g/mol. The van der Waals surface area contributed by atoms with E-state index in [2.05, 4.69) is 133 Å². The van der Waals surface area contributed by atoms with Crippen molar-refractivity contribution in [2.75, 3.05) is 0 Å². The summed E-state index contributed by atoms with van der Waals surface area (Å²) in [6, 6.07) is 38.5. The Balaban J connectivity index is 1.70. The lowest BCUT2D eigenvalue weighted by Crippen LogP contribution is -2.27. The van der Waals surface area contributed by atoms with Crippen molar-refractivity contribution in [3.8, 4) is 5.75 Å². The van der Waals surface area contributed by atoms with Gasteiger partial charge in [-0.3, -0.25) is 0 Å². The van der Waals surface area contributed by atoms with Crippen molar-refractivity contribution >= 4 is 66.8 Å². The van der Waals surface area contributed by atoms with Crippen LogP contribution in [0.15, 0.2) is 118 Å². The van der Waals surface area contributed by atoms with Crippen LogP contribution < -0.4 is 9.83 Å². The molecule has 5 heteroatoms. The number of fused-ring (bicyclic) bond motifs is 4. The lowest BCUT2D eigenvalue weighted by Gasteiger charge is -2.37. The fraction of sp³-hybridized carbons (Fsp3) is 0.176. The lowest BCUT2D eigenvalue weighted by molar-refractivity contribution is 0.571. The topological polar surface area (TPSA) is 26.5 Å². The molecule has 0 N–H and O–H groups in total. The van der Waals surface area contributed by atoms with E-state index >= 15 is 0 Å². The maximum absolute atomic E-state index is 7.17. The molecule has 6 aromatic rings. The number of rotatable bonds is 5. The van der Waals surface area contributed by atoms with E-state index in [1.54, 1.807) is 0 Å². The Morgan fingerprint density at radius 2 is 1.41 bits per heavy atom. The molecule has 0 fully saturated rings.